The molecule has 7 heteroatoms. The van der Waals surface area contributed by atoms with Gasteiger partial charge in [-0.25, -0.2) is 9.37 Å². The Morgan fingerprint density at radius 3 is 2.33 bits per heavy atom. The van der Waals surface area contributed by atoms with Gasteiger partial charge < -0.3 is 9.47 Å². The molecule has 3 saturated heterocycles. The zero-order valence-electron chi connectivity index (χ0n) is 24.2. The predicted molar refractivity (Wildman–Crippen MR) is 166 cm³/mol. The van der Waals surface area contributed by atoms with Crippen LogP contribution in [0.3, 0.4) is 0 Å². The first-order chi connectivity index (χ1) is 20.4. The van der Waals surface area contributed by atoms with E-state index in [1.54, 1.807) is 17.0 Å². The molecule has 7 rings (SSSR count). The molecule has 0 spiro atoms. The first-order valence-corrected chi connectivity index (χ1v) is 15.8. The molecule has 1 aromatic heterocycles. The highest BCUT2D eigenvalue weighted by molar-refractivity contribution is 6.33. The Kier molecular flexibility index (Phi) is 7.31. The molecule has 4 heterocycles. The molecule has 42 heavy (non-hydrogen) atoms. The second kappa shape index (κ2) is 11.1. The Morgan fingerprint density at radius 1 is 0.929 bits per heavy atom. The second-order valence-corrected chi connectivity index (χ2v) is 13.0. The molecule has 218 valence electrons. The minimum absolute atomic E-state index is 0.00766. The van der Waals surface area contributed by atoms with Crippen molar-refractivity contribution in [1.82, 2.24) is 19.4 Å². The van der Waals surface area contributed by atoms with Crippen LogP contribution in [0.4, 0.5) is 4.39 Å². The summed E-state index contributed by atoms with van der Waals surface area (Å²) in [6.07, 6.45) is 7.64. The largest absolute Gasteiger partial charge is 0.338 e. The minimum Gasteiger partial charge on any atom is -0.338 e. The molecule has 0 radical (unpaired) electrons. The summed E-state index contributed by atoms with van der Waals surface area (Å²) in [6, 6.07) is 25.5. The van der Waals surface area contributed by atoms with E-state index in [-0.39, 0.29) is 21.9 Å². The monoisotopic (exact) mass is 584 g/mol. The molecule has 3 aliphatic rings. The molecule has 2 bridgehead atoms. The molecule has 0 aliphatic carbocycles. The van der Waals surface area contributed by atoms with Crippen molar-refractivity contribution in [2.45, 2.75) is 75.4 Å². The number of hydrogen-bond donors (Lipinski definition) is 0. The van der Waals surface area contributed by atoms with E-state index in [9.17, 15) is 9.18 Å². The average molecular weight is 585 g/mol. The third kappa shape index (κ3) is 4.83. The summed E-state index contributed by atoms with van der Waals surface area (Å²) < 4.78 is 17.1. The number of aryl methyl sites for hydroxylation is 1. The van der Waals surface area contributed by atoms with Crippen molar-refractivity contribution in [3.05, 3.63) is 101 Å². The van der Waals surface area contributed by atoms with E-state index in [1.807, 2.05) is 0 Å². The van der Waals surface area contributed by atoms with E-state index in [4.69, 9.17) is 16.6 Å². The van der Waals surface area contributed by atoms with E-state index in [1.165, 1.54) is 42.8 Å². The lowest BCUT2D eigenvalue weighted by atomic mass is 9.70. The van der Waals surface area contributed by atoms with Crippen LogP contribution in [0.1, 0.15) is 72.7 Å². The number of carbonyl (C=O) groups is 1. The van der Waals surface area contributed by atoms with Gasteiger partial charge in [0.15, 0.2) is 0 Å². The van der Waals surface area contributed by atoms with Crippen LogP contribution in [0.5, 0.6) is 0 Å². The van der Waals surface area contributed by atoms with Crippen LogP contribution in [0.2, 0.25) is 5.02 Å². The fourth-order valence-electron chi connectivity index (χ4n) is 8.26. The van der Waals surface area contributed by atoms with Gasteiger partial charge in [-0.3, -0.25) is 9.69 Å². The van der Waals surface area contributed by atoms with Crippen LogP contribution in [0, 0.1) is 12.7 Å². The van der Waals surface area contributed by atoms with Crippen molar-refractivity contribution >= 4 is 28.5 Å². The summed E-state index contributed by atoms with van der Waals surface area (Å²) in [4.78, 5) is 22.8. The number of hydrogen-bond acceptors (Lipinski definition) is 3. The van der Waals surface area contributed by atoms with Gasteiger partial charge in [0.1, 0.15) is 11.6 Å². The van der Waals surface area contributed by atoms with Gasteiger partial charge in [-0.2, -0.15) is 0 Å². The highest BCUT2D eigenvalue weighted by atomic mass is 35.5. The van der Waals surface area contributed by atoms with E-state index in [0.717, 1.165) is 37.1 Å². The Balaban J connectivity index is 1.07. The number of likely N-dealkylation sites (tertiary alicyclic amines) is 1. The number of rotatable bonds is 6. The van der Waals surface area contributed by atoms with Gasteiger partial charge in [0, 0.05) is 31.2 Å². The lowest BCUT2D eigenvalue weighted by Gasteiger charge is -2.45. The van der Waals surface area contributed by atoms with Crippen molar-refractivity contribution in [2.24, 2.45) is 0 Å². The number of piperidine rings is 2. The third-order valence-corrected chi connectivity index (χ3v) is 10.7. The maximum atomic E-state index is 14.6. The van der Waals surface area contributed by atoms with Gasteiger partial charge in [0.05, 0.1) is 21.6 Å². The van der Waals surface area contributed by atoms with Gasteiger partial charge >= 0.3 is 0 Å². The Hall–Kier alpha value is -3.22. The van der Waals surface area contributed by atoms with Crippen molar-refractivity contribution in [3.63, 3.8) is 0 Å². The Morgan fingerprint density at radius 2 is 1.62 bits per heavy atom. The number of amides is 1. The Bertz CT molecular complexity index is 1560. The van der Waals surface area contributed by atoms with Gasteiger partial charge in [-0.05, 0) is 93.7 Å². The first kappa shape index (κ1) is 27.6. The van der Waals surface area contributed by atoms with Crippen molar-refractivity contribution < 1.29 is 9.18 Å². The van der Waals surface area contributed by atoms with Gasteiger partial charge in [-0.15, -0.1) is 0 Å². The van der Waals surface area contributed by atoms with Crippen LogP contribution in [0.15, 0.2) is 72.8 Å². The van der Waals surface area contributed by atoms with Gasteiger partial charge in [-0.1, -0.05) is 60.1 Å². The second-order valence-electron chi connectivity index (χ2n) is 12.6. The quantitative estimate of drug-likeness (QED) is 0.235. The fraction of sp³-hybridized carbons (Fsp3) is 0.429. The zero-order chi connectivity index (χ0) is 28.8. The van der Waals surface area contributed by atoms with Crippen LogP contribution >= 0.6 is 11.6 Å². The van der Waals surface area contributed by atoms with Crippen molar-refractivity contribution in [2.75, 3.05) is 19.6 Å². The zero-order valence-corrected chi connectivity index (χ0v) is 24.9. The molecule has 5 nitrogen and oxygen atoms in total. The minimum atomic E-state index is -0.551. The van der Waals surface area contributed by atoms with Gasteiger partial charge in [0.25, 0.3) is 5.91 Å². The molecule has 3 fully saturated rings. The number of nitrogens with zero attached hydrogens (tertiary/aromatic N) is 4. The maximum absolute atomic E-state index is 14.6. The van der Waals surface area contributed by atoms with Crippen LogP contribution < -0.4 is 0 Å². The summed E-state index contributed by atoms with van der Waals surface area (Å²) in [7, 11) is 0. The lowest BCUT2D eigenvalue weighted by molar-refractivity contribution is 0.0603. The predicted octanol–water partition coefficient (Wildman–Crippen LogP) is 7.57. The molecule has 0 saturated carbocycles. The SMILES string of the molecule is Cc1nc2ccccc2n1[C@H]1C[C@H]2CC[C@@H](C1)N2CCC1(c2ccccc2)CCN(C(=O)c2c(F)cccc2Cl)CC1. The van der Waals surface area contributed by atoms with Crippen molar-refractivity contribution in [1.29, 1.82) is 0 Å². The molecule has 3 aliphatic heterocycles. The number of para-hydroxylation sites is 2. The number of aromatic nitrogens is 2. The molecular formula is C35H38ClFN4O. The summed E-state index contributed by atoms with van der Waals surface area (Å²) in [5.41, 5.74) is 3.69. The van der Waals surface area contributed by atoms with E-state index < -0.39 is 5.82 Å². The van der Waals surface area contributed by atoms with Crippen LogP contribution in [-0.2, 0) is 5.41 Å². The van der Waals surface area contributed by atoms with E-state index in [0.29, 0.717) is 31.2 Å². The molecule has 4 aromatic rings. The highest BCUT2D eigenvalue weighted by Crippen LogP contribution is 2.45. The number of imidazole rings is 1. The maximum Gasteiger partial charge on any atom is 0.258 e. The molecule has 0 N–H and O–H groups in total. The highest BCUT2D eigenvalue weighted by Gasteiger charge is 2.44. The standard InChI is InChI=1S/C35H38ClFN4O/c1-24-38-31-12-5-6-13-32(31)41(24)28-22-26-14-15-27(23-28)40(26)21-18-35(25-8-3-2-4-9-25)16-19-39(20-17-35)34(42)33-29(36)10-7-11-30(33)37/h2-13,26-28H,14-23H2,1H3/t26-,27+,28+. The summed E-state index contributed by atoms with van der Waals surface area (Å²) in [5.74, 6) is 0.266. The van der Waals surface area contributed by atoms with Crippen LogP contribution in [0.25, 0.3) is 11.0 Å². The molecular weight excluding hydrogens is 547 g/mol. The van der Waals surface area contributed by atoms with E-state index in [2.05, 4.69) is 71.0 Å². The number of halogens is 2. The molecule has 3 aromatic carbocycles. The molecule has 0 unspecified atom stereocenters. The number of carbonyl (C=O) groups excluding carboxylic acids is 1. The first-order valence-electron chi connectivity index (χ1n) is 15.4. The smallest absolute Gasteiger partial charge is 0.258 e. The van der Waals surface area contributed by atoms with Crippen LogP contribution in [-0.4, -0.2) is 57.0 Å². The average Bonchev–Trinajstić information content (AvgIpc) is 3.47. The summed E-state index contributed by atoms with van der Waals surface area (Å²) in [6.45, 7) is 4.41. The summed E-state index contributed by atoms with van der Waals surface area (Å²) >= 11 is 6.25. The third-order valence-electron chi connectivity index (χ3n) is 10.4. The van der Waals surface area contributed by atoms with Gasteiger partial charge in [0.2, 0.25) is 0 Å². The normalized spacial score (nSPS) is 23.9. The Labute approximate surface area is 252 Å². The number of benzene rings is 3. The summed E-state index contributed by atoms with van der Waals surface area (Å²) in [5, 5.41) is 0.178. The van der Waals surface area contributed by atoms with E-state index >= 15 is 0 Å². The molecule has 1 amide bonds. The molecule has 3 atom stereocenters. The van der Waals surface area contributed by atoms with Crippen molar-refractivity contribution in [3.8, 4) is 0 Å². The fourth-order valence-corrected chi connectivity index (χ4v) is 8.51. The lowest BCUT2D eigenvalue weighted by Crippen LogP contribution is -2.49. The topological polar surface area (TPSA) is 41.4 Å². The number of fused-ring (bicyclic) bond motifs is 3.